The highest BCUT2D eigenvalue weighted by Gasteiger charge is 2.44. The van der Waals surface area contributed by atoms with E-state index in [1.807, 2.05) is 54.6 Å². The third-order valence-electron chi connectivity index (χ3n) is 7.67. The van der Waals surface area contributed by atoms with E-state index >= 15 is 0 Å². The molecule has 40 heavy (non-hydrogen) atoms. The molecule has 0 spiro atoms. The van der Waals surface area contributed by atoms with E-state index < -0.39 is 20.0 Å². The fourth-order valence-corrected chi connectivity index (χ4v) is 9.46. The number of sulfonamides is 2. The van der Waals surface area contributed by atoms with Gasteiger partial charge in [0.05, 0.1) is 9.79 Å². The molecule has 4 aromatic carbocycles. The maximum atomic E-state index is 14.3. The third kappa shape index (κ3) is 3.94. The first kappa shape index (κ1) is 25.0. The Bertz CT molecular complexity index is 2020. The summed E-state index contributed by atoms with van der Waals surface area (Å²) >= 11 is 0. The second-order valence-electron chi connectivity index (χ2n) is 10.1. The van der Waals surface area contributed by atoms with Crippen LogP contribution in [0.15, 0.2) is 101 Å². The zero-order chi connectivity index (χ0) is 27.5. The molecule has 2 aliphatic rings. The number of aromatic nitrogens is 1. The highest BCUT2D eigenvalue weighted by molar-refractivity contribution is 8.04. The van der Waals surface area contributed by atoms with Gasteiger partial charge in [-0.05, 0) is 65.1 Å². The average Bonchev–Trinajstić information content (AvgIpc) is 3.03. The number of rotatable bonds is 3. The van der Waals surface area contributed by atoms with Gasteiger partial charge in [-0.15, -0.1) is 0 Å². The van der Waals surface area contributed by atoms with E-state index in [0.29, 0.717) is 25.7 Å². The third-order valence-corrected chi connectivity index (χ3v) is 11.7. The SMILES string of the molecule is O=S1(=O)c2cc3ccccc3cc2-c2c(ccc3ccccc23)S(=O)(=O)N1Nc1cc(N2CCCCC2)ccn1. The standard InChI is InChI=1S/C30H26N4O4S2/c35-39(36)27-13-12-21-8-4-5-11-25(21)30(27)26-18-22-9-2-3-10-23(22)19-28(26)40(37,38)34(39)32-29-20-24(14-15-31-29)33-16-6-1-7-17-33/h2-5,8-15,18-20H,1,6-7,16-17H2,(H,31,32). The molecule has 0 amide bonds. The Kier molecular flexibility index (Phi) is 5.81. The molecular formula is C30H26N4O4S2. The lowest BCUT2D eigenvalue weighted by Gasteiger charge is -2.29. The minimum atomic E-state index is -4.61. The second-order valence-corrected chi connectivity index (χ2v) is 13.9. The molecule has 0 aliphatic carbocycles. The zero-order valence-electron chi connectivity index (χ0n) is 21.5. The number of nitrogens with zero attached hydrogens (tertiary/aromatic N) is 3. The fourth-order valence-electron chi connectivity index (χ4n) is 5.72. The lowest BCUT2D eigenvalue weighted by molar-refractivity contribution is 0.524. The van der Waals surface area contributed by atoms with Crippen LogP contribution in [-0.2, 0) is 20.0 Å². The predicted molar refractivity (Wildman–Crippen MR) is 157 cm³/mol. The van der Waals surface area contributed by atoms with Gasteiger partial charge < -0.3 is 4.90 Å². The first-order valence-electron chi connectivity index (χ1n) is 13.2. The zero-order valence-corrected chi connectivity index (χ0v) is 23.1. The summed E-state index contributed by atoms with van der Waals surface area (Å²) < 4.78 is 57.6. The van der Waals surface area contributed by atoms with Crippen LogP contribution in [0.3, 0.4) is 0 Å². The smallest absolute Gasteiger partial charge is 0.274 e. The van der Waals surface area contributed by atoms with E-state index in [1.165, 1.54) is 12.5 Å². The molecular weight excluding hydrogens is 544 g/mol. The van der Waals surface area contributed by atoms with Crippen molar-refractivity contribution in [3.05, 3.63) is 91.1 Å². The molecule has 5 aromatic rings. The minimum absolute atomic E-state index is 0.0930. The van der Waals surface area contributed by atoms with Crippen LogP contribution >= 0.6 is 0 Å². The highest BCUT2D eigenvalue weighted by Crippen LogP contribution is 2.45. The molecule has 202 valence electrons. The molecule has 0 bridgehead atoms. The molecule has 0 atom stereocenters. The molecule has 0 saturated carbocycles. The molecule has 8 nitrogen and oxygen atoms in total. The van der Waals surface area contributed by atoms with Crippen LogP contribution in [-0.4, -0.2) is 38.7 Å². The molecule has 1 aromatic heterocycles. The molecule has 10 heteroatoms. The van der Waals surface area contributed by atoms with Crippen LogP contribution in [0.2, 0.25) is 0 Å². The van der Waals surface area contributed by atoms with Gasteiger partial charge in [-0.25, -0.2) is 21.8 Å². The predicted octanol–water partition coefficient (Wildman–Crippen LogP) is 5.77. The highest BCUT2D eigenvalue weighted by atomic mass is 32.3. The number of benzene rings is 4. The summed E-state index contributed by atoms with van der Waals surface area (Å²) in [4.78, 5) is 6.31. The molecule has 0 radical (unpaired) electrons. The first-order valence-corrected chi connectivity index (χ1v) is 16.1. The van der Waals surface area contributed by atoms with Crippen LogP contribution in [0.5, 0.6) is 0 Å². The van der Waals surface area contributed by atoms with Crippen molar-refractivity contribution in [1.82, 2.24) is 8.80 Å². The Morgan fingerprint density at radius 2 is 1.35 bits per heavy atom. The van der Waals surface area contributed by atoms with Crippen molar-refractivity contribution in [1.29, 1.82) is 0 Å². The molecule has 2 aliphatic heterocycles. The van der Waals surface area contributed by atoms with Gasteiger partial charge >= 0.3 is 0 Å². The van der Waals surface area contributed by atoms with E-state index in [1.54, 1.807) is 30.5 Å². The van der Waals surface area contributed by atoms with Crippen LogP contribution in [0.1, 0.15) is 19.3 Å². The van der Waals surface area contributed by atoms with Gasteiger partial charge in [0.15, 0.2) is 0 Å². The van der Waals surface area contributed by atoms with Crippen LogP contribution in [0, 0.1) is 0 Å². The van der Waals surface area contributed by atoms with Crippen molar-refractivity contribution in [2.75, 3.05) is 23.4 Å². The van der Waals surface area contributed by atoms with Crippen molar-refractivity contribution in [2.45, 2.75) is 29.1 Å². The topological polar surface area (TPSA) is 99.7 Å². The quantitative estimate of drug-likeness (QED) is 0.294. The van der Waals surface area contributed by atoms with Crippen LogP contribution < -0.4 is 10.3 Å². The largest absolute Gasteiger partial charge is 0.371 e. The van der Waals surface area contributed by atoms with E-state index in [9.17, 15) is 16.8 Å². The summed E-state index contributed by atoms with van der Waals surface area (Å²) in [6.07, 6.45) is 4.86. The number of fused-ring (bicyclic) bond motifs is 6. The first-order chi connectivity index (χ1) is 19.3. The summed E-state index contributed by atoms with van der Waals surface area (Å²) in [5.74, 6) is 0.127. The molecule has 1 saturated heterocycles. The number of hydrogen-bond acceptors (Lipinski definition) is 7. The number of piperidine rings is 1. The summed E-state index contributed by atoms with van der Waals surface area (Å²) in [5, 5.41) is 2.97. The molecule has 7 rings (SSSR count). The van der Waals surface area contributed by atoms with Crippen molar-refractivity contribution in [3.63, 3.8) is 0 Å². The number of hydrogen-bond donors (Lipinski definition) is 1. The number of nitrogens with one attached hydrogen (secondary N) is 1. The van der Waals surface area contributed by atoms with E-state index in [4.69, 9.17) is 0 Å². The van der Waals surface area contributed by atoms with E-state index in [-0.39, 0.29) is 15.6 Å². The van der Waals surface area contributed by atoms with Gasteiger partial charge in [0.2, 0.25) is 0 Å². The van der Waals surface area contributed by atoms with Crippen molar-refractivity contribution in [2.24, 2.45) is 0 Å². The Balaban J connectivity index is 1.47. The molecule has 1 fully saturated rings. The Hall–Kier alpha value is -3.99. The van der Waals surface area contributed by atoms with Crippen molar-refractivity contribution < 1.29 is 16.8 Å². The molecule has 1 N–H and O–H groups in total. The summed E-state index contributed by atoms with van der Waals surface area (Å²) in [7, 11) is -9.21. The van der Waals surface area contributed by atoms with Gasteiger partial charge in [0.25, 0.3) is 20.0 Å². The second kappa shape index (κ2) is 9.29. The van der Waals surface area contributed by atoms with Crippen molar-refractivity contribution >= 4 is 53.1 Å². The van der Waals surface area contributed by atoms with Gasteiger partial charge in [-0.2, -0.15) is 0 Å². The van der Waals surface area contributed by atoms with Crippen LogP contribution in [0.4, 0.5) is 11.5 Å². The number of hydrazine groups is 1. The number of anilines is 2. The van der Waals surface area contributed by atoms with Gasteiger partial charge in [0, 0.05) is 46.0 Å². The van der Waals surface area contributed by atoms with E-state index in [2.05, 4.69) is 15.3 Å². The summed E-state index contributed by atoms with van der Waals surface area (Å²) in [6, 6.07) is 24.9. The van der Waals surface area contributed by atoms with E-state index in [0.717, 1.165) is 42.4 Å². The summed E-state index contributed by atoms with van der Waals surface area (Å²) in [5.41, 5.74) is 4.24. The van der Waals surface area contributed by atoms with Gasteiger partial charge in [0.1, 0.15) is 5.82 Å². The fraction of sp³-hybridized carbons (Fsp3) is 0.167. The Morgan fingerprint density at radius 3 is 2.12 bits per heavy atom. The average molecular weight is 571 g/mol. The van der Waals surface area contributed by atoms with Gasteiger partial charge in [-0.3, -0.25) is 5.43 Å². The van der Waals surface area contributed by atoms with Crippen molar-refractivity contribution in [3.8, 4) is 11.1 Å². The monoisotopic (exact) mass is 570 g/mol. The maximum Gasteiger partial charge on any atom is 0.274 e. The lowest BCUT2D eigenvalue weighted by atomic mass is 9.96. The lowest BCUT2D eigenvalue weighted by Crippen LogP contribution is -2.41. The maximum absolute atomic E-state index is 14.3. The minimum Gasteiger partial charge on any atom is -0.371 e. The molecule has 3 heterocycles. The normalized spacial score (nSPS) is 18.1. The number of pyridine rings is 1. The molecule has 0 unspecified atom stereocenters. The Labute approximate surface area is 233 Å². The summed E-state index contributed by atoms with van der Waals surface area (Å²) in [6.45, 7) is 1.76. The Morgan fingerprint density at radius 1 is 0.675 bits per heavy atom. The van der Waals surface area contributed by atoms with Crippen LogP contribution in [0.25, 0.3) is 32.7 Å². The van der Waals surface area contributed by atoms with Gasteiger partial charge in [-0.1, -0.05) is 54.6 Å².